The SMILES string of the molecule is CCCC(NC)c1ccn(CC(F)F)c1. The van der Waals surface area contributed by atoms with E-state index in [-0.39, 0.29) is 12.6 Å². The number of rotatable bonds is 6. The van der Waals surface area contributed by atoms with Gasteiger partial charge in [0.2, 0.25) is 0 Å². The van der Waals surface area contributed by atoms with Crippen molar-refractivity contribution in [2.75, 3.05) is 7.05 Å². The fourth-order valence-electron chi connectivity index (χ4n) is 1.70. The summed E-state index contributed by atoms with van der Waals surface area (Å²) in [4.78, 5) is 0. The van der Waals surface area contributed by atoms with E-state index in [0.29, 0.717) is 0 Å². The predicted molar refractivity (Wildman–Crippen MR) is 57.1 cm³/mol. The van der Waals surface area contributed by atoms with Crippen molar-refractivity contribution in [1.29, 1.82) is 0 Å². The molecule has 1 aromatic rings. The van der Waals surface area contributed by atoms with Gasteiger partial charge in [0.05, 0.1) is 6.54 Å². The zero-order chi connectivity index (χ0) is 11.3. The zero-order valence-electron chi connectivity index (χ0n) is 9.21. The molecule has 0 aliphatic rings. The minimum atomic E-state index is -2.29. The Morgan fingerprint density at radius 3 is 2.73 bits per heavy atom. The molecule has 0 spiro atoms. The van der Waals surface area contributed by atoms with E-state index >= 15 is 0 Å². The second kappa shape index (κ2) is 5.85. The Morgan fingerprint density at radius 1 is 1.47 bits per heavy atom. The summed E-state index contributed by atoms with van der Waals surface area (Å²) >= 11 is 0. The molecule has 0 saturated heterocycles. The van der Waals surface area contributed by atoms with Crippen molar-refractivity contribution in [3.8, 4) is 0 Å². The Balaban J connectivity index is 2.64. The minimum Gasteiger partial charge on any atom is -0.348 e. The molecule has 1 unspecified atom stereocenters. The fraction of sp³-hybridized carbons (Fsp3) is 0.636. The van der Waals surface area contributed by atoms with Gasteiger partial charge in [-0.2, -0.15) is 0 Å². The summed E-state index contributed by atoms with van der Waals surface area (Å²) in [7, 11) is 1.89. The third-order valence-electron chi connectivity index (χ3n) is 2.45. The highest BCUT2D eigenvalue weighted by atomic mass is 19.3. The largest absolute Gasteiger partial charge is 0.348 e. The topological polar surface area (TPSA) is 17.0 Å². The Hall–Kier alpha value is -0.900. The summed E-state index contributed by atoms with van der Waals surface area (Å²) in [5.41, 5.74) is 1.08. The molecule has 0 aromatic carbocycles. The van der Waals surface area contributed by atoms with Crippen molar-refractivity contribution in [1.82, 2.24) is 9.88 Å². The van der Waals surface area contributed by atoms with Gasteiger partial charge in [-0.1, -0.05) is 13.3 Å². The molecular formula is C11H18F2N2. The van der Waals surface area contributed by atoms with Crippen molar-refractivity contribution in [3.05, 3.63) is 24.0 Å². The van der Waals surface area contributed by atoms with Crippen molar-refractivity contribution < 1.29 is 8.78 Å². The number of aromatic nitrogens is 1. The average Bonchev–Trinajstić information content (AvgIpc) is 2.61. The van der Waals surface area contributed by atoms with Crippen LogP contribution in [0.2, 0.25) is 0 Å². The Morgan fingerprint density at radius 2 is 2.20 bits per heavy atom. The van der Waals surface area contributed by atoms with E-state index in [1.54, 1.807) is 17.0 Å². The van der Waals surface area contributed by atoms with Gasteiger partial charge in [0.15, 0.2) is 0 Å². The lowest BCUT2D eigenvalue weighted by atomic mass is 10.1. The second-order valence-corrected chi connectivity index (χ2v) is 3.66. The number of nitrogens with one attached hydrogen (secondary N) is 1. The monoisotopic (exact) mass is 216 g/mol. The molecule has 0 aliphatic heterocycles. The third-order valence-corrected chi connectivity index (χ3v) is 2.45. The summed E-state index contributed by atoms with van der Waals surface area (Å²) < 4.78 is 25.8. The van der Waals surface area contributed by atoms with Gasteiger partial charge in [-0.3, -0.25) is 0 Å². The van der Waals surface area contributed by atoms with Crippen LogP contribution in [0.25, 0.3) is 0 Å². The lowest BCUT2D eigenvalue weighted by molar-refractivity contribution is 0.126. The summed E-state index contributed by atoms with van der Waals surface area (Å²) in [5.74, 6) is 0. The lowest BCUT2D eigenvalue weighted by Crippen LogP contribution is -2.15. The number of nitrogens with zero attached hydrogens (tertiary/aromatic N) is 1. The van der Waals surface area contributed by atoms with E-state index < -0.39 is 6.43 Å². The number of hydrogen-bond donors (Lipinski definition) is 1. The molecule has 0 bridgehead atoms. The molecule has 1 aromatic heterocycles. The Kier molecular flexibility index (Phi) is 4.75. The molecule has 1 atom stereocenters. The van der Waals surface area contributed by atoms with Crippen molar-refractivity contribution in [2.45, 2.75) is 38.8 Å². The van der Waals surface area contributed by atoms with Crippen LogP contribution >= 0.6 is 0 Å². The van der Waals surface area contributed by atoms with Gasteiger partial charge in [-0.15, -0.1) is 0 Å². The molecule has 0 radical (unpaired) electrons. The van der Waals surface area contributed by atoms with E-state index in [4.69, 9.17) is 0 Å². The molecule has 15 heavy (non-hydrogen) atoms. The molecule has 1 heterocycles. The van der Waals surface area contributed by atoms with E-state index in [0.717, 1.165) is 18.4 Å². The highest BCUT2D eigenvalue weighted by Crippen LogP contribution is 2.18. The third kappa shape index (κ3) is 3.63. The van der Waals surface area contributed by atoms with E-state index in [1.165, 1.54) is 0 Å². The van der Waals surface area contributed by atoms with Gasteiger partial charge in [-0.25, -0.2) is 8.78 Å². The fourth-order valence-corrected chi connectivity index (χ4v) is 1.70. The zero-order valence-corrected chi connectivity index (χ0v) is 9.21. The quantitative estimate of drug-likeness (QED) is 0.773. The van der Waals surface area contributed by atoms with Crippen LogP contribution in [0.4, 0.5) is 8.78 Å². The van der Waals surface area contributed by atoms with Gasteiger partial charge in [-0.05, 0) is 25.1 Å². The van der Waals surface area contributed by atoms with Crippen LogP contribution in [-0.4, -0.2) is 18.0 Å². The summed E-state index contributed by atoms with van der Waals surface area (Å²) in [6.45, 7) is 1.89. The molecule has 0 amide bonds. The van der Waals surface area contributed by atoms with Gasteiger partial charge < -0.3 is 9.88 Å². The second-order valence-electron chi connectivity index (χ2n) is 3.66. The van der Waals surface area contributed by atoms with Crippen LogP contribution in [0.15, 0.2) is 18.5 Å². The molecular weight excluding hydrogens is 198 g/mol. The van der Waals surface area contributed by atoms with Crippen LogP contribution < -0.4 is 5.32 Å². The number of hydrogen-bond acceptors (Lipinski definition) is 1. The first-order chi connectivity index (χ1) is 7.17. The van der Waals surface area contributed by atoms with Crippen molar-refractivity contribution >= 4 is 0 Å². The van der Waals surface area contributed by atoms with Crippen molar-refractivity contribution in [2.24, 2.45) is 0 Å². The van der Waals surface area contributed by atoms with Crippen LogP contribution in [0, 0.1) is 0 Å². The Bertz CT molecular complexity index is 284. The molecule has 0 saturated carbocycles. The molecule has 4 heteroatoms. The first-order valence-electron chi connectivity index (χ1n) is 5.28. The maximum absolute atomic E-state index is 12.1. The summed E-state index contributed by atoms with van der Waals surface area (Å²) in [5, 5.41) is 3.19. The normalized spacial score (nSPS) is 13.4. The van der Waals surface area contributed by atoms with Gasteiger partial charge >= 0.3 is 0 Å². The maximum Gasteiger partial charge on any atom is 0.256 e. The predicted octanol–water partition coefficient (Wildman–Crippen LogP) is 2.81. The minimum absolute atomic E-state index is 0.220. The van der Waals surface area contributed by atoms with E-state index in [9.17, 15) is 8.78 Å². The highest BCUT2D eigenvalue weighted by molar-refractivity contribution is 5.15. The number of halogens is 2. The molecule has 1 N–H and O–H groups in total. The van der Waals surface area contributed by atoms with Crippen LogP contribution in [0.1, 0.15) is 31.4 Å². The average molecular weight is 216 g/mol. The molecule has 0 fully saturated rings. The van der Waals surface area contributed by atoms with Gasteiger partial charge in [0, 0.05) is 18.4 Å². The van der Waals surface area contributed by atoms with Crippen LogP contribution in [0.5, 0.6) is 0 Å². The van der Waals surface area contributed by atoms with E-state index in [2.05, 4.69) is 12.2 Å². The first-order valence-corrected chi connectivity index (χ1v) is 5.28. The van der Waals surface area contributed by atoms with Gasteiger partial charge in [0.1, 0.15) is 0 Å². The molecule has 86 valence electrons. The molecule has 2 nitrogen and oxygen atoms in total. The first kappa shape index (κ1) is 12.2. The number of alkyl halides is 2. The van der Waals surface area contributed by atoms with Crippen molar-refractivity contribution in [3.63, 3.8) is 0 Å². The van der Waals surface area contributed by atoms with Crippen LogP contribution in [0.3, 0.4) is 0 Å². The van der Waals surface area contributed by atoms with Gasteiger partial charge in [0.25, 0.3) is 6.43 Å². The smallest absolute Gasteiger partial charge is 0.256 e. The summed E-state index contributed by atoms with van der Waals surface area (Å²) in [6.07, 6.45) is 3.31. The Labute approximate surface area is 89.3 Å². The lowest BCUT2D eigenvalue weighted by Gasteiger charge is -2.13. The summed E-state index contributed by atoms with van der Waals surface area (Å²) in [6, 6.07) is 2.17. The maximum atomic E-state index is 12.1. The molecule has 1 rings (SSSR count). The highest BCUT2D eigenvalue weighted by Gasteiger charge is 2.10. The standard InChI is InChI=1S/C11H18F2N2/c1-3-4-10(14-2)9-5-6-15(7-9)8-11(12)13/h5-7,10-11,14H,3-4,8H2,1-2H3. The van der Waals surface area contributed by atoms with Crippen LogP contribution in [-0.2, 0) is 6.54 Å². The van der Waals surface area contributed by atoms with E-state index in [1.807, 2.05) is 13.1 Å². The molecule has 0 aliphatic carbocycles.